The van der Waals surface area contributed by atoms with Crippen LogP contribution in [0.2, 0.25) is 0 Å². The molecule has 1 aromatic heterocycles. The third kappa shape index (κ3) is 6.70. The Balaban J connectivity index is 1.82. The Kier molecular flexibility index (Phi) is 8.01. The van der Waals surface area contributed by atoms with E-state index in [9.17, 15) is 18.0 Å². The first-order chi connectivity index (χ1) is 16.4. The summed E-state index contributed by atoms with van der Waals surface area (Å²) in [6.07, 6.45) is 0.905. The van der Waals surface area contributed by atoms with E-state index in [0.29, 0.717) is 11.4 Å². The van der Waals surface area contributed by atoms with Crippen LogP contribution in [0.15, 0.2) is 42.6 Å². The second-order valence-corrected chi connectivity index (χ2v) is 11.1. The second-order valence-electron chi connectivity index (χ2n) is 9.25. The van der Waals surface area contributed by atoms with Gasteiger partial charge in [-0.2, -0.15) is 12.7 Å². The highest BCUT2D eigenvalue weighted by Gasteiger charge is 2.35. The number of carbonyl (C=O) groups is 2. The van der Waals surface area contributed by atoms with Crippen LogP contribution in [0.1, 0.15) is 42.4 Å². The molecule has 1 aromatic carbocycles. The van der Waals surface area contributed by atoms with Gasteiger partial charge in [0.2, 0.25) is 0 Å². The summed E-state index contributed by atoms with van der Waals surface area (Å²) in [4.78, 5) is 29.9. The van der Waals surface area contributed by atoms with Crippen LogP contribution in [0.25, 0.3) is 0 Å². The third-order valence-corrected chi connectivity index (χ3v) is 7.25. The molecule has 0 aliphatic carbocycles. The minimum absolute atomic E-state index is 0.0283. The number of anilines is 1. The number of methoxy groups -OCH3 is 1. The van der Waals surface area contributed by atoms with E-state index in [-0.39, 0.29) is 38.3 Å². The molecule has 35 heavy (non-hydrogen) atoms. The first kappa shape index (κ1) is 26.4. The molecule has 10 nitrogen and oxygen atoms in total. The highest BCUT2D eigenvalue weighted by atomic mass is 32.2. The molecule has 0 saturated carbocycles. The molecule has 1 aliphatic heterocycles. The van der Waals surface area contributed by atoms with E-state index >= 15 is 0 Å². The van der Waals surface area contributed by atoms with Crippen LogP contribution in [-0.2, 0) is 26.2 Å². The van der Waals surface area contributed by atoms with Crippen molar-refractivity contribution >= 4 is 28.0 Å². The lowest BCUT2D eigenvalue weighted by molar-refractivity contribution is 0.0192. The van der Waals surface area contributed by atoms with Crippen LogP contribution in [-0.4, -0.2) is 73.6 Å². The number of hydrogen-bond acceptors (Lipinski definition) is 7. The number of esters is 1. The summed E-state index contributed by atoms with van der Waals surface area (Å²) in [5.41, 5.74) is 1.53. The molecule has 1 saturated heterocycles. The smallest absolute Gasteiger partial charge is 0.410 e. The van der Waals surface area contributed by atoms with E-state index in [0.717, 1.165) is 5.56 Å². The molecular weight excluding hydrogens is 472 g/mol. The summed E-state index contributed by atoms with van der Waals surface area (Å²) in [5, 5.41) is 0. The molecule has 0 N–H and O–H groups in total. The summed E-state index contributed by atoms with van der Waals surface area (Å²) in [7, 11) is -2.67. The van der Waals surface area contributed by atoms with Crippen LogP contribution >= 0.6 is 0 Å². The van der Waals surface area contributed by atoms with Gasteiger partial charge in [-0.1, -0.05) is 12.1 Å². The van der Waals surface area contributed by atoms with Crippen LogP contribution < -0.4 is 4.31 Å². The van der Waals surface area contributed by atoms with Gasteiger partial charge < -0.3 is 14.4 Å². The molecule has 2 aromatic rings. The van der Waals surface area contributed by atoms with Crippen molar-refractivity contribution in [1.29, 1.82) is 0 Å². The number of benzene rings is 1. The topological polar surface area (TPSA) is 109 Å². The largest absolute Gasteiger partial charge is 0.465 e. The van der Waals surface area contributed by atoms with E-state index < -0.39 is 27.9 Å². The quantitative estimate of drug-likeness (QED) is 0.556. The van der Waals surface area contributed by atoms with Gasteiger partial charge >= 0.3 is 22.3 Å². The average Bonchev–Trinajstić information content (AvgIpc) is 2.81. The van der Waals surface area contributed by atoms with Gasteiger partial charge in [0, 0.05) is 32.4 Å². The number of piperazine rings is 1. The SMILES string of the molecule is COC(=O)c1ccc(CN(c2cccc(C)c2)S(=O)(=O)N2CCN(C(=O)OC(C)(C)C)CC2)nc1. The van der Waals surface area contributed by atoms with Gasteiger partial charge in [0.1, 0.15) is 5.60 Å². The first-order valence-electron chi connectivity index (χ1n) is 11.3. The first-order valence-corrected chi connectivity index (χ1v) is 12.7. The Labute approximate surface area is 206 Å². The fourth-order valence-electron chi connectivity index (χ4n) is 3.56. The lowest BCUT2D eigenvalue weighted by Gasteiger charge is -2.37. The van der Waals surface area contributed by atoms with Gasteiger partial charge in [-0.05, 0) is 57.5 Å². The third-order valence-electron chi connectivity index (χ3n) is 5.34. The van der Waals surface area contributed by atoms with E-state index in [1.165, 1.54) is 26.8 Å². The second kappa shape index (κ2) is 10.6. The summed E-state index contributed by atoms with van der Waals surface area (Å²) in [6.45, 7) is 7.95. The van der Waals surface area contributed by atoms with Crippen LogP contribution in [0.5, 0.6) is 0 Å². The Morgan fingerprint density at radius 3 is 2.31 bits per heavy atom. The minimum atomic E-state index is -3.95. The zero-order valence-electron chi connectivity index (χ0n) is 20.7. The van der Waals surface area contributed by atoms with Crippen molar-refractivity contribution in [2.45, 2.75) is 39.8 Å². The molecule has 2 heterocycles. The van der Waals surface area contributed by atoms with Gasteiger partial charge in [-0.3, -0.25) is 9.29 Å². The monoisotopic (exact) mass is 504 g/mol. The van der Waals surface area contributed by atoms with E-state index in [1.807, 2.05) is 13.0 Å². The number of aromatic nitrogens is 1. The molecule has 1 fully saturated rings. The summed E-state index contributed by atoms with van der Waals surface area (Å²) >= 11 is 0. The summed E-state index contributed by atoms with van der Waals surface area (Å²) in [5.74, 6) is -0.518. The number of ether oxygens (including phenoxy) is 2. The van der Waals surface area contributed by atoms with Crippen molar-refractivity contribution in [3.8, 4) is 0 Å². The average molecular weight is 505 g/mol. The van der Waals surface area contributed by atoms with E-state index in [2.05, 4.69) is 4.98 Å². The molecule has 190 valence electrons. The molecule has 0 bridgehead atoms. The molecule has 11 heteroatoms. The molecule has 1 aliphatic rings. The van der Waals surface area contributed by atoms with Crippen molar-refractivity contribution in [2.75, 3.05) is 37.6 Å². The van der Waals surface area contributed by atoms with E-state index in [4.69, 9.17) is 9.47 Å². The Morgan fingerprint density at radius 2 is 1.77 bits per heavy atom. The molecule has 0 atom stereocenters. The summed E-state index contributed by atoms with van der Waals surface area (Å²) in [6, 6.07) is 10.3. The lowest BCUT2D eigenvalue weighted by atomic mass is 10.2. The van der Waals surface area contributed by atoms with Crippen LogP contribution in [0.4, 0.5) is 10.5 Å². The highest BCUT2D eigenvalue weighted by Crippen LogP contribution is 2.25. The van der Waals surface area contributed by atoms with Crippen LogP contribution in [0, 0.1) is 6.92 Å². The van der Waals surface area contributed by atoms with E-state index in [1.54, 1.807) is 51.1 Å². The fraction of sp³-hybridized carbons (Fsp3) is 0.458. The lowest BCUT2D eigenvalue weighted by Crippen LogP contribution is -2.54. The van der Waals surface area contributed by atoms with Gasteiger partial charge in [0.15, 0.2) is 0 Å². The van der Waals surface area contributed by atoms with Gasteiger partial charge in [-0.15, -0.1) is 0 Å². The Hall–Kier alpha value is -3.18. The Morgan fingerprint density at radius 1 is 1.09 bits per heavy atom. The molecule has 3 rings (SSSR count). The molecule has 1 amide bonds. The number of amides is 1. The number of aryl methyl sites for hydroxylation is 1. The molecule has 0 radical (unpaired) electrons. The van der Waals surface area contributed by atoms with Crippen molar-refractivity contribution < 1.29 is 27.5 Å². The predicted molar refractivity (Wildman–Crippen MR) is 131 cm³/mol. The number of nitrogens with zero attached hydrogens (tertiary/aromatic N) is 4. The maximum Gasteiger partial charge on any atom is 0.410 e. The number of rotatable bonds is 6. The maximum atomic E-state index is 13.7. The standard InChI is InChI=1S/C24H32N4O6S/c1-18-7-6-8-21(15-18)28(17-20-10-9-19(16-25-20)22(29)33-5)35(31,32)27-13-11-26(12-14-27)23(30)34-24(2,3)4/h6-10,15-16H,11-14,17H2,1-5H3. The maximum absolute atomic E-state index is 13.7. The zero-order chi connectivity index (χ0) is 25.8. The molecular formula is C24H32N4O6S. The molecule has 0 spiro atoms. The van der Waals surface area contributed by atoms with Gasteiger partial charge in [-0.25, -0.2) is 9.59 Å². The minimum Gasteiger partial charge on any atom is -0.465 e. The van der Waals surface area contributed by atoms with Crippen molar-refractivity contribution in [2.24, 2.45) is 0 Å². The van der Waals surface area contributed by atoms with Gasteiger partial charge in [0.25, 0.3) is 0 Å². The van der Waals surface area contributed by atoms with Crippen LogP contribution in [0.3, 0.4) is 0 Å². The van der Waals surface area contributed by atoms with Gasteiger partial charge in [0.05, 0.1) is 30.6 Å². The highest BCUT2D eigenvalue weighted by molar-refractivity contribution is 7.90. The normalized spacial score (nSPS) is 14.9. The van der Waals surface area contributed by atoms with Crippen molar-refractivity contribution in [3.63, 3.8) is 0 Å². The number of carbonyl (C=O) groups excluding carboxylic acids is 2. The predicted octanol–water partition coefficient (Wildman–Crippen LogP) is 2.98. The van der Waals surface area contributed by atoms with Crippen molar-refractivity contribution in [3.05, 3.63) is 59.4 Å². The molecule has 0 unspecified atom stereocenters. The summed E-state index contributed by atoms with van der Waals surface area (Å²) < 4.78 is 40.2. The fourth-order valence-corrected chi connectivity index (χ4v) is 5.14. The number of hydrogen-bond donors (Lipinski definition) is 0. The Bertz CT molecular complexity index is 1150. The number of pyridine rings is 1. The zero-order valence-corrected chi connectivity index (χ0v) is 21.5. The van der Waals surface area contributed by atoms with Crippen molar-refractivity contribution in [1.82, 2.24) is 14.2 Å².